The van der Waals surface area contributed by atoms with E-state index in [1.165, 1.54) is 15.1 Å². The van der Waals surface area contributed by atoms with Gasteiger partial charge in [-0.3, -0.25) is 4.31 Å². The second-order valence-electron chi connectivity index (χ2n) is 8.87. The van der Waals surface area contributed by atoms with Crippen LogP contribution in [0.2, 0.25) is 5.02 Å². The summed E-state index contributed by atoms with van der Waals surface area (Å²) in [6.07, 6.45) is 4.61. The second-order valence-corrected chi connectivity index (χ2v) is 11.2. The lowest BCUT2D eigenvalue weighted by molar-refractivity contribution is 0.0699. The van der Waals surface area contributed by atoms with E-state index in [0.29, 0.717) is 33.2 Å². The zero-order chi connectivity index (χ0) is 25.6. The molecule has 1 saturated carbocycles. The molecule has 4 aromatic rings. The van der Waals surface area contributed by atoms with Crippen LogP contribution in [0.5, 0.6) is 5.75 Å². The van der Waals surface area contributed by atoms with Gasteiger partial charge in [-0.15, -0.1) is 0 Å². The van der Waals surface area contributed by atoms with Gasteiger partial charge in [0.25, 0.3) is 0 Å². The van der Waals surface area contributed by atoms with E-state index in [1.54, 1.807) is 55.8 Å². The quantitative estimate of drug-likeness (QED) is 0.339. The molecule has 0 amide bonds. The summed E-state index contributed by atoms with van der Waals surface area (Å²) in [5, 5.41) is 15.2. The molecule has 1 aliphatic carbocycles. The van der Waals surface area contributed by atoms with Crippen LogP contribution in [0, 0.1) is 0 Å². The highest BCUT2D eigenvalue weighted by Crippen LogP contribution is 2.46. The van der Waals surface area contributed by atoms with Gasteiger partial charge >= 0.3 is 5.97 Å². The van der Waals surface area contributed by atoms with Crippen molar-refractivity contribution >= 4 is 38.8 Å². The number of fused-ring (bicyclic) bond motifs is 1. The number of benzene rings is 2. The van der Waals surface area contributed by atoms with Gasteiger partial charge < -0.3 is 9.84 Å². The third kappa shape index (κ3) is 4.64. The molecule has 1 aliphatic rings. The molecule has 0 atom stereocenters. The van der Waals surface area contributed by atoms with Crippen LogP contribution in [0.25, 0.3) is 16.8 Å². The van der Waals surface area contributed by atoms with Crippen molar-refractivity contribution < 1.29 is 23.1 Å². The number of aromatic nitrogens is 2. The number of carbonyl (C=O) groups is 1. The van der Waals surface area contributed by atoms with Gasteiger partial charge in [0.2, 0.25) is 10.0 Å². The number of anilines is 1. The summed E-state index contributed by atoms with van der Waals surface area (Å²) in [4.78, 5) is 12.3. The highest BCUT2D eigenvalue weighted by atomic mass is 35.5. The SMILES string of the molecule is COc1ccc(CN(c2cn3nc(-c4ccc(Cl)cc4)c(C(=O)O)c3cc2C2CC2)S(C)(=O)=O)cc1. The molecule has 0 radical (unpaired) electrons. The van der Waals surface area contributed by atoms with E-state index in [1.807, 2.05) is 12.1 Å². The van der Waals surface area contributed by atoms with E-state index in [4.69, 9.17) is 16.3 Å². The minimum atomic E-state index is -3.68. The largest absolute Gasteiger partial charge is 0.497 e. The van der Waals surface area contributed by atoms with E-state index in [2.05, 4.69) is 5.10 Å². The Morgan fingerprint density at radius 2 is 1.83 bits per heavy atom. The summed E-state index contributed by atoms with van der Waals surface area (Å²) in [6, 6.07) is 15.8. The maximum Gasteiger partial charge on any atom is 0.340 e. The number of carboxylic acids is 1. The Kier molecular flexibility index (Phi) is 6.13. The monoisotopic (exact) mass is 525 g/mol. The summed E-state index contributed by atoms with van der Waals surface area (Å²) >= 11 is 6.01. The third-order valence-electron chi connectivity index (χ3n) is 6.28. The van der Waals surface area contributed by atoms with Gasteiger partial charge in [0.1, 0.15) is 17.0 Å². The van der Waals surface area contributed by atoms with Gasteiger partial charge in [-0.25, -0.2) is 17.7 Å². The third-order valence-corrected chi connectivity index (χ3v) is 7.66. The normalized spacial score (nSPS) is 13.6. The van der Waals surface area contributed by atoms with Crippen molar-refractivity contribution in [1.29, 1.82) is 0 Å². The Morgan fingerprint density at radius 1 is 1.17 bits per heavy atom. The fraction of sp³-hybridized carbons (Fsp3) is 0.231. The molecule has 0 spiro atoms. The second kappa shape index (κ2) is 9.15. The zero-order valence-corrected chi connectivity index (χ0v) is 21.3. The predicted molar refractivity (Wildman–Crippen MR) is 139 cm³/mol. The molecule has 10 heteroatoms. The lowest BCUT2D eigenvalue weighted by Gasteiger charge is -2.25. The molecule has 0 bridgehead atoms. The van der Waals surface area contributed by atoms with Crippen molar-refractivity contribution in [2.75, 3.05) is 17.7 Å². The predicted octanol–water partition coefficient (Wildman–Crippen LogP) is 5.21. The van der Waals surface area contributed by atoms with Crippen LogP contribution in [0.15, 0.2) is 60.8 Å². The first-order valence-corrected chi connectivity index (χ1v) is 13.5. The van der Waals surface area contributed by atoms with Gasteiger partial charge in [0.05, 0.1) is 37.3 Å². The van der Waals surface area contributed by atoms with E-state index >= 15 is 0 Å². The van der Waals surface area contributed by atoms with Crippen LogP contribution in [-0.2, 0) is 16.6 Å². The smallest absolute Gasteiger partial charge is 0.340 e. The summed E-state index contributed by atoms with van der Waals surface area (Å²) in [5.74, 6) is -0.277. The molecule has 2 aromatic carbocycles. The number of pyridine rings is 1. The molecule has 1 N–H and O–H groups in total. The van der Waals surface area contributed by atoms with Crippen LogP contribution < -0.4 is 9.04 Å². The maximum atomic E-state index is 13.0. The molecule has 2 aromatic heterocycles. The molecule has 186 valence electrons. The number of rotatable bonds is 8. The number of methoxy groups -OCH3 is 1. The van der Waals surface area contributed by atoms with Crippen LogP contribution >= 0.6 is 11.6 Å². The van der Waals surface area contributed by atoms with Gasteiger partial charge in [0.15, 0.2) is 0 Å². The Bertz CT molecular complexity index is 1560. The van der Waals surface area contributed by atoms with Crippen molar-refractivity contribution in [2.45, 2.75) is 25.3 Å². The minimum Gasteiger partial charge on any atom is -0.497 e. The Hall–Kier alpha value is -3.56. The van der Waals surface area contributed by atoms with E-state index < -0.39 is 16.0 Å². The van der Waals surface area contributed by atoms with Crippen molar-refractivity contribution in [3.05, 3.63) is 82.5 Å². The molecular formula is C26H24ClN3O5S. The van der Waals surface area contributed by atoms with Crippen molar-refractivity contribution in [3.8, 4) is 17.0 Å². The lowest BCUT2D eigenvalue weighted by Crippen LogP contribution is -2.30. The standard InChI is InChI=1S/C26H24ClN3O5S/c1-35-20-11-3-16(4-12-20)14-30(36(2,33)34)23-15-29-22(13-21(23)17-5-6-17)24(26(31)32)25(28-29)18-7-9-19(27)10-8-18/h3-4,7-13,15,17H,5-6,14H2,1-2H3,(H,31,32). The van der Waals surface area contributed by atoms with Crippen LogP contribution in [-0.4, -0.2) is 42.5 Å². The minimum absolute atomic E-state index is 0.0619. The Labute approximate surface area is 213 Å². The highest BCUT2D eigenvalue weighted by molar-refractivity contribution is 7.92. The molecular weight excluding hydrogens is 502 g/mol. The summed E-state index contributed by atoms with van der Waals surface area (Å²) in [6.45, 7) is 0.116. The summed E-state index contributed by atoms with van der Waals surface area (Å²) < 4.78 is 34.0. The molecule has 5 rings (SSSR count). The van der Waals surface area contributed by atoms with Gasteiger partial charge in [-0.1, -0.05) is 35.9 Å². The Morgan fingerprint density at radius 3 is 2.39 bits per heavy atom. The zero-order valence-electron chi connectivity index (χ0n) is 19.7. The van der Waals surface area contributed by atoms with Crippen molar-refractivity contribution in [1.82, 2.24) is 9.61 Å². The number of halogens is 1. The molecule has 8 nitrogen and oxygen atoms in total. The fourth-order valence-electron chi connectivity index (χ4n) is 4.32. The van der Waals surface area contributed by atoms with Crippen molar-refractivity contribution in [2.24, 2.45) is 0 Å². The number of ether oxygens (including phenoxy) is 1. The van der Waals surface area contributed by atoms with Gasteiger partial charge in [-0.05, 0) is 60.2 Å². The fourth-order valence-corrected chi connectivity index (χ4v) is 5.34. The van der Waals surface area contributed by atoms with E-state index in [0.717, 1.165) is 24.0 Å². The maximum absolute atomic E-state index is 13.0. The number of sulfonamides is 1. The molecule has 2 heterocycles. The molecule has 0 aliphatic heterocycles. The highest BCUT2D eigenvalue weighted by Gasteiger charge is 2.33. The molecule has 36 heavy (non-hydrogen) atoms. The Balaban J connectivity index is 1.69. The first-order chi connectivity index (χ1) is 17.2. The first kappa shape index (κ1) is 24.1. The number of hydrogen-bond donors (Lipinski definition) is 1. The molecule has 0 saturated heterocycles. The summed E-state index contributed by atoms with van der Waals surface area (Å²) in [7, 11) is -2.10. The van der Waals surface area contributed by atoms with E-state index in [9.17, 15) is 18.3 Å². The van der Waals surface area contributed by atoms with Crippen LogP contribution in [0.3, 0.4) is 0 Å². The number of aromatic carboxylic acids is 1. The topological polar surface area (TPSA) is 101 Å². The molecule has 0 unspecified atom stereocenters. The number of carboxylic acid groups (broad SMARTS) is 1. The summed E-state index contributed by atoms with van der Waals surface area (Å²) in [5.41, 5.74) is 3.45. The molecule has 1 fully saturated rings. The van der Waals surface area contributed by atoms with E-state index in [-0.39, 0.29) is 18.0 Å². The number of nitrogens with zero attached hydrogens (tertiary/aromatic N) is 3. The first-order valence-electron chi connectivity index (χ1n) is 11.3. The average molecular weight is 526 g/mol. The van der Waals surface area contributed by atoms with Crippen LogP contribution in [0.1, 0.15) is 40.2 Å². The van der Waals surface area contributed by atoms with Gasteiger partial charge in [-0.2, -0.15) is 5.10 Å². The van der Waals surface area contributed by atoms with Crippen LogP contribution in [0.4, 0.5) is 5.69 Å². The number of hydrogen-bond acceptors (Lipinski definition) is 5. The lowest BCUT2D eigenvalue weighted by atomic mass is 10.0. The van der Waals surface area contributed by atoms with Crippen molar-refractivity contribution in [3.63, 3.8) is 0 Å². The average Bonchev–Trinajstić information content (AvgIpc) is 3.62. The van der Waals surface area contributed by atoms with Gasteiger partial charge in [0, 0.05) is 10.6 Å².